The maximum absolute atomic E-state index is 6.16. The first kappa shape index (κ1) is 15.3. The van der Waals surface area contributed by atoms with Gasteiger partial charge in [0.1, 0.15) is 5.75 Å². The number of aryl methyl sites for hydroxylation is 1. The Morgan fingerprint density at radius 3 is 2.75 bits per heavy atom. The van der Waals surface area contributed by atoms with Gasteiger partial charge in [0.15, 0.2) is 0 Å². The lowest BCUT2D eigenvalue weighted by Gasteiger charge is -2.10. The van der Waals surface area contributed by atoms with Crippen LogP contribution in [-0.4, -0.2) is 12.0 Å². The van der Waals surface area contributed by atoms with Gasteiger partial charge in [-0.05, 0) is 43.3 Å². The van der Waals surface area contributed by atoms with Gasteiger partial charge in [0.25, 0.3) is 0 Å². The summed E-state index contributed by atoms with van der Waals surface area (Å²) < 4.78 is 6.72. The Morgan fingerprint density at radius 1 is 1.30 bits per heavy atom. The van der Waals surface area contributed by atoms with E-state index in [1.807, 2.05) is 25.2 Å². The first-order valence-electron chi connectivity index (χ1n) is 6.39. The first-order valence-corrected chi connectivity index (χ1v) is 7.56. The second kappa shape index (κ2) is 7.07. The van der Waals surface area contributed by atoms with Crippen LogP contribution in [0.2, 0.25) is 5.02 Å². The van der Waals surface area contributed by atoms with Crippen molar-refractivity contribution in [3.8, 4) is 11.6 Å². The third-order valence-corrected chi connectivity index (χ3v) is 3.55. The zero-order valence-corrected chi connectivity index (χ0v) is 13.8. The number of hydrogen-bond acceptors (Lipinski definition) is 3. The molecule has 0 aliphatic heterocycles. The Kier molecular flexibility index (Phi) is 5.40. The SMILES string of the molecule is CCc1cc(CNC)cc(Oc2ccc(Br)cc2Cl)n1. The molecule has 1 aromatic carbocycles. The Hall–Kier alpha value is -1.10. The summed E-state index contributed by atoms with van der Waals surface area (Å²) in [5.41, 5.74) is 2.14. The Balaban J connectivity index is 2.29. The van der Waals surface area contributed by atoms with Crippen molar-refractivity contribution in [1.29, 1.82) is 0 Å². The number of nitrogens with zero attached hydrogens (tertiary/aromatic N) is 1. The van der Waals surface area contributed by atoms with E-state index in [4.69, 9.17) is 16.3 Å². The lowest BCUT2D eigenvalue weighted by atomic mass is 10.2. The molecule has 0 fully saturated rings. The van der Waals surface area contributed by atoms with Crippen molar-refractivity contribution in [3.05, 3.63) is 51.1 Å². The van der Waals surface area contributed by atoms with Gasteiger partial charge in [-0.15, -0.1) is 0 Å². The highest BCUT2D eigenvalue weighted by atomic mass is 79.9. The van der Waals surface area contributed by atoms with E-state index in [-0.39, 0.29) is 0 Å². The van der Waals surface area contributed by atoms with Gasteiger partial charge < -0.3 is 10.1 Å². The number of rotatable bonds is 5. The van der Waals surface area contributed by atoms with Crippen LogP contribution in [0.15, 0.2) is 34.8 Å². The predicted octanol–water partition coefficient (Wildman–Crippen LogP) is 4.57. The van der Waals surface area contributed by atoms with Gasteiger partial charge in [0.05, 0.1) is 5.02 Å². The van der Waals surface area contributed by atoms with Crippen molar-refractivity contribution < 1.29 is 4.74 Å². The van der Waals surface area contributed by atoms with Crippen LogP contribution in [0.25, 0.3) is 0 Å². The Labute approximate surface area is 132 Å². The fourth-order valence-electron chi connectivity index (χ4n) is 1.83. The van der Waals surface area contributed by atoms with E-state index in [2.05, 4.69) is 39.2 Å². The second-order valence-corrected chi connectivity index (χ2v) is 5.69. The van der Waals surface area contributed by atoms with Crippen LogP contribution in [0, 0.1) is 0 Å². The molecule has 0 aliphatic rings. The van der Waals surface area contributed by atoms with E-state index < -0.39 is 0 Å². The van der Waals surface area contributed by atoms with Crippen molar-refractivity contribution in [2.45, 2.75) is 19.9 Å². The highest BCUT2D eigenvalue weighted by Crippen LogP contribution is 2.31. The van der Waals surface area contributed by atoms with Crippen LogP contribution in [0.5, 0.6) is 11.6 Å². The molecule has 0 unspecified atom stereocenters. The molecule has 1 aromatic heterocycles. The maximum Gasteiger partial charge on any atom is 0.219 e. The molecule has 1 N–H and O–H groups in total. The molecule has 0 aliphatic carbocycles. The molecule has 0 bridgehead atoms. The molecule has 20 heavy (non-hydrogen) atoms. The number of halogens is 2. The summed E-state index contributed by atoms with van der Waals surface area (Å²) in [6.45, 7) is 2.85. The van der Waals surface area contributed by atoms with Crippen molar-refractivity contribution in [3.63, 3.8) is 0 Å². The molecule has 2 aromatic rings. The van der Waals surface area contributed by atoms with Gasteiger partial charge in [0, 0.05) is 22.8 Å². The number of hydrogen-bond donors (Lipinski definition) is 1. The largest absolute Gasteiger partial charge is 0.437 e. The third kappa shape index (κ3) is 3.95. The molecule has 0 atom stereocenters. The van der Waals surface area contributed by atoms with Crippen LogP contribution in [0.3, 0.4) is 0 Å². The summed E-state index contributed by atoms with van der Waals surface area (Å²) in [6, 6.07) is 9.51. The molecule has 0 saturated heterocycles. The summed E-state index contributed by atoms with van der Waals surface area (Å²) in [5, 5.41) is 3.68. The van der Waals surface area contributed by atoms with Crippen LogP contribution in [-0.2, 0) is 13.0 Å². The predicted molar refractivity (Wildman–Crippen MR) is 85.6 cm³/mol. The van der Waals surface area contributed by atoms with E-state index in [9.17, 15) is 0 Å². The minimum atomic E-state index is 0.554. The quantitative estimate of drug-likeness (QED) is 0.853. The summed E-state index contributed by atoms with van der Waals surface area (Å²) in [4.78, 5) is 4.47. The van der Waals surface area contributed by atoms with Crippen LogP contribution in [0.1, 0.15) is 18.2 Å². The first-order chi connectivity index (χ1) is 9.62. The standard InChI is InChI=1S/C15H16BrClN2O/c1-3-12-6-10(9-18-2)7-15(19-12)20-14-5-4-11(16)8-13(14)17/h4-8,18H,3,9H2,1-2H3. The average molecular weight is 356 g/mol. The van der Waals surface area contributed by atoms with E-state index in [1.54, 1.807) is 6.07 Å². The van der Waals surface area contributed by atoms with E-state index in [1.165, 1.54) is 0 Å². The molecule has 0 saturated carbocycles. The number of ether oxygens (including phenoxy) is 1. The molecule has 0 spiro atoms. The molecule has 5 heteroatoms. The van der Waals surface area contributed by atoms with Crippen molar-refractivity contribution in [1.82, 2.24) is 10.3 Å². The molecular formula is C15H16BrClN2O. The molecular weight excluding hydrogens is 340 g/mol. The number of aromatic nitrogens is 1. The third-order valence-electron chi connectivity index (χ3n) is 2.77. The van der Waals surface area contributed by atoms with E-state index in [0.717, 1.165) is 28.7 Å². The van der Waals surface area contributed by atoms with Gasteiger partial charge >= 0.3 is 0 Å². The van der Waals surface area contributed by atoms with Crippen molar-refractivity contribution >= 4 is 27.5 Å². The summed E-state index contributed by atoms with van der Waals surface area (Å²) in [6.07, 6.45) is 0.863. The summed E-state index contributed by atoms with van der Waals surface area (Å²) >= 11 is 9.53. The van der Waals surface area contributed by atoms with Crippen LogP contribution < -0.4 is 10.1 Å². The monoisotopic (exact) mass is 354 g/mol. The normalized spacial score (nSPS) is 10.6. The number of benzene rings is 1. The Bertz CT molecular complexity index is 604. The van der Waals surface area contributed by atoms with Crippen LogP contribution >= 0.6 is 27.5 Å². The van der Waals surface area contributed by atoms with Crippen molar-refractivity contribution in [2.24, 2.45) is 0 Å². The molecule has 0 radical (unpaired) electrons. The van der Waals surface area contributed by atoms with Crippen LogP contribution in [0.4, 0.5) is 0 Å². The second-order valence-electron chi connectivity index (χ2n) is 4.37. The lowest BCUT2D eigenvalue weighted by Crippen LogP contribution is -2.06. The average Bonchev–Trinajstić information content (AvgIpc) is 2.42. The highest BCUT2D eigenvalue weighted by Gasteiger charge is 2.07. The van der Waals surface area contributed by atoms with Gasteiger partial charge in [-0.25, -0.2) is 4.98 Å². The lowest BCUT2D eigenvalue weighted by molar-refractivity contribution is 0.460. The Morgan fingerprint density at radius 2 is 2.10 bits per heavy atom. The summed E-state index contributed by atoms with van der Waals surface area (Å²) in [5.74, 6) is 1.17. The molecule has 1 heterocycles. The van der Waals surface area contributed by atoms with Gasteiger partial charge in [0.2, 0.25) is 5.88 Å². The minimum Gasteiger partial charge on any atom is -0.437 e. The molecule has 106 valence electrons. The zero-order chi connectivity index (χ0) is 14.5. The van der Waals surface area contributed by atoms with Gasteiger partial charge in [-0.2, -0.15) is 0 Å². The fourth-order valence-corrected chi connectivity index (χ4v) is 2.54. The minimum absolute atomic E-state index is 0.554. The topological polar surface area (TPSA) is 34.1 Å². The summed E-state index contributed by atoms with van der Waals surface area (Å²) in [7, 11) is 1.91. The molecule has 0 amide bonds. The van der Waals surface area contributed by atoms with Crippen molar-refractivity contribution in [2.75, 3.05) is 7.05 Å². The number of pyridine rings is 1. The smallest absolute Gasteiger partial charge is 0.219 e. The molecule has 2 rings (SSSR count). The maximum atomic E-state index is 6.16. The van der Waals surface area contributed by atoms with Gasteiger partial charge in [-0.3, -0.25) is 0 Å². The molecule has 3 nitrogen and oxygen atoms in total. The number of nitrogens with one attached hydrogen (secondary N) is 1. The van der Waals surface area contributed by atoms with E-state index >= 15 is 0 Å². The highest BCUT2D eigenvalue weighted by molar-refractivity contribution is 9.10. The zero-order valence-electron chi connectivity index (χ0n) is 11.4. The van der Waals surface area contributed by atoms with E-state index in [0.29, 0.717) is 16.7 Å². The fraction of sp³-hybridized carbons (Fsp3) is 0.267. The van der Waals surface area contributed by atoms with Gasteiger partial charge in [-0.1, -0.05) is 34.5 Å².